The first-order valence-electron chi connectivity index (χ1n) is 7.97. The van der Waals surface area contributed by atoms with Gasteiger partial charge in [0, 0.05) is 17.0 Å². The quantitative estimate of drug-likeness (QED) is 0.561. The minimum absolute atomic E-state index is 0.195. The van der Waals surface area contributed by atoms with Crippen LogP contribution in [0.25, 0.3) is 11.3 Å². The monoisotopic (exact) mass is 349 g/mol. The maximum absolute atomic E-state index is 10.8. The summed E-state index contributed by atoms with van der Waals surface area (Å²) >= 11 is 0. The zero-order valence-corrected chi connectivity index (χ0v) is 14.6. The summed E-state index contributed by atoms with van der Waals surface area (Å²) in [6.45, 7) is 5.66. The Labute approximate surface area is 150 Å². The van der Waals surface area contributed by atoms with E-state index in [0.717, 1.165) is 28.2 Å². The normalized spacial score (nSPS) is 11.4. The lowest BCUT2D eigenvalue weighted by Crippen LogP contribution is -2.21. The van der Waals surface area contributed by atoms with Gasteiger partial charge in [-0.1, -0.05) is 24.3 Å². The van der Waals surface area contributed by atoms with Crippen LogP contribution in [0.3, 0.4) is 0 Å². The van der Waals surface area contributed by atoms with Gasteiger partial charge < -0.3 is 14.3 Å². The highest BCUT2D eigenvalue weighted by Gasteiger charge is 2.06. The summed E-state index contributed by atoms with van der Waals surface area (Å²) in [4.78, 5) is 19.3. The van der Waals surface area contributed by atoms with Gasteiger partial charge in [0.25, 0.3) is 0 Å². The molecular weight excluding hydrogens is 332 g/mol. The van der Waals surface area contributed by atoms with Gasteiger partial charge in [-0.15, -0.1) is 0 Å². The lowest BCUT2D eigenvalue weighted by molar-refractivity contribution is -0.257. The Morgan fingerprint density at radius 3 is 2.31 bits per heavy atom. The van der Waals surface area contributed by atoms with Crippen molar-refractivity contribution in [3.05, 3.63) is 65.2 Å². The number of carbonyl (C=O) groups is 1. The molecule has 2 heterocycles. The number of nitrogens with zero attached hydrogens (tertiary/aromatic N) is 3. The van der Waals surface area contributed by atoms with E-state index >= 15 is 0 Å². The highest BCUT2D eigenvalue weighted by molar-refractivity contribution is 5.99. The third kappa shape index (κ3) is 3.94. The molecule has 1 N–H and O–H groups in total. The predicted molar refractivity (Wildman–Crippen MR) is 95.8 cm³/mol. The number of furan rings is 1. The van der Waals surface area contributed by atoms with E-state index < -0.39 is 5.97 Å². The smallest absolute Gasteiger partial charge is 0.243 e. The van der Waals surface area contributed by atoms with Crippen molar-refractivity contribution in [1.82, 2.24) is 9.97 Å². The first-order valence-corrected chi connectivity index (χ1v) is 7.97. The molecule has 3 aromatic rings. The van der Waals surface area contributed by atoms with E-state index in [1.807, 2.05) is 51.1 Å². The van der Waals surface area contributed by atoms with Crippen molar-refractivity contribution in [1.29, 1.82) is 0 Å². The number of aromatic carboxylic acids is 1. The van der Waals surface area contributed by atoms with E-state index in [-0.39, 0.29) is 5.76 Å². The summed E-state index contributed by atoms with van der Waals surface area (Å²) in [6, 6.07) is 12.3. The van der Waals surface area contributed by atoms with Gasteiger partial charge in [-0.2, -0.15) is 5.10 Å². The van der Waals surface area contributed by atoms with Gasteiger partial charge in [0.15, 0.2) is 0 Å². The Balaban J connectivity index is 1.75. The highest BCUT2D eigenvalue weighted by Crippen LogP contribution is 2.22. The van der Waals surface area contributed by atoms with Crippen LogP contribution in [0.2, 0.25) is 0 Å². The third-order valence-corrected chi connectivity index (χ3v) is 3.70. The fourth-order valence-corrected chi connectivity index (χ4v) is 2.45. The van der Waals surface area contributed by atoms with Gasteiger partial charge in [0.2, 0.25) is 5.95 Å². The molecule has 0 saturated carbocycles. The van der Waals surface area contributed by atoms with E-state index in [0.29, 0.717) is 11.7 Å². The van der Waals surface area contributed by atoms with Crippen LogP contribution in [0.1, 0.15) is 34.4 Å². The number of nitrogens with one attached hydrogen (secondary N) is 1. The number of carboxylic acids is 1. The molecule has 1 aromatic carbocycles. The largest absolute Gasteiger partial charge is 0.542 e. The van der Waals surface area contributed by atoms with Crippen LogP contribution in [-0.4, -0.2) is 21.6 Å². The molecule has 0 bridgehead atoms. The summed E-state index contributed by atoms with van der Waals surface area (Å²) in [5.74, 6) is -0.619. The summed E-state index contributed by atoms with van der Waals surface area (Å²) in [7, 11) is 0. The molecule has 3 rings (SSSR count). The molecule has 2 aromatic heterocycles. The van der Waals surface area contributed by atoms with Crippen molar-refractivity contribution in [3.8, 4) is 11.3 Å². The Morgan fingerprint density at radius 1 is 1.08 bits per heavy atom. The van der Waals surface area contributed by atoms with Crippen molar-refractivity contribution in [3.63, 3.8) is 0 Å². The van der Waals surface area contributed by atoms with Crippen molar-refractivity contribution >= 4 is 17.6 Å². The number of hydrogen-bond acceptors (Lipinski definition) is 7. The maximum Gasteiger partial charge on any atom is 0.243 e. The topological polar surface area (TPSA) is 103 Å². The number of aromatic nitrogens is 2. The van der Waals surface area contributed by atoms with Gasteiger partial charge in [0.05, 0.1) is 5.71 Å². The van der Waals surface area contributed by atoms with E-state index in [1.54, 1.807) is 6.07 Å². The Morgan fingerprint density at radius 2 is 1.73 bits per heavy atom. The second-order valence-corrected chi connectivity index (χ2v) is 5.81. The van der Waals surface area contributed by atoms with Crippen LogP contribution in [0.15, 0.2) is 52.0 Å². The number of benzene rings is 1. The Hall–Kier alpha value is -3.48. The number of carbonyl (C=O) groups excluding carboxylic acids is 1. The molecular formula is C19H17N4O3-. The van der Waals surface area contributed by atoms with Crippen LogP contribution >= 0.6 is 0 Å². The van der Waals surface area contributed by atoms with Crippen molar-refractivity contribution < 1.29 is 14.3 Å². The molecule has 0 spiro atoms. The highest BCUT2D eigenvalue weighted by atomic mass is 16.4. The molecule has 132 valence electrons. The minimum atomic E-state index is -1.34. The van der Waals surface area contributed by atoms with Crippen molar-refractivity contribution in [2.45, 2.75) is 20.8 Å². The molecule has 0 aliphatic heterocycles. The molecule has 0 aliphatic carbocycles. The SMILES string of the molecule is C/C(=N/Nc1nc(C)cc(C)n1)c1ccc(-c2ccc(C(=O)[O-])o2)cc1. The van der Waals surface area contributed by atoms with Crippen LogP contribution < -0.4 is 10.5 Å². The molecule has 0 aliphatic rings. The number of hydrogen-bond donors (Lipinski definition) is 1. The fraction of sp³-hybridized carbons (Fsp3) is 0.158. The third-order valence-electron chi connectivity index (χ3n) is 3.70. The molecule has 7 heteroatoms. The molecule has 0 atom stereocenters. The Bertz CT molecular complexity index is 954. The van der Waals surface area contributed by atoms with Gasteiger partial charge in [0.1, 0.15) is 17.5 Å². The minimum Gasteiger partial charge on any atom is -0.542 e. The van der Waals surface area contributed by atoms with E-state index in [9.17, 15) is 9.90 Å². The van der Waals surface area contributed by atoms with Gasteiger partial charge in [-0.3, -0.25) is 0 Å². The molecule has 0 saturated heterocycles. The summed E-state index contributed by atoms with van der Waals surface area (Å²) in [5.41, 5.74) is 7.02. The van der Waals surface area contributed by atoms with E-state index in [4.69, 9.17) is 4.42 Å². The van der Waals surface area contributed by atoms with E-state index in [1.165, 1.54) is 6.07 Å². The zero-order chi connectivity index (χ0) is 18.7. The van der Waals surface area contributed by atoms with Crippen LogP contribution in [0, 0.1) is 13.8 Å². The van der Waals surface area contributed by atoms with E-state index in [2.05, 4.69) is 20.5 Å². The summed E-state index contributed by atoms with van der Waals surface area (Å²) in [5, 5.41) is 15.1. The maximum atomic E-state index is 10.8. The molecule has 7 nitrogen and oxygen atoms in total. The molecule has 0 unspecified atom stereocenters. The zero-order valence-electron chi connectivity index (χ0n) is 14.6. The van der Waals surface area contributed by atoms with Crippen molar-refractivity contribution in [2.75, 3.05) is 5.43 Å². The second-order valence-electron chi connectivity index (χ2n) is 5.81. The van der Waals surface area contributed by atoms with Crippen molar-refractivity contribution in [2.24, 2.45) is 5.10 Å². The van der Waals surface area contributed by atoms with Gasteiger partial charge >= 0.3 is 0 Å². The molecule has 0 radical (unpaired) electrons. The van der Waals surface area contributed by atoms with Crippen LogP contribution in [0.5, 0.6) is 0 Å². The van der Waals surface area contributed by atoms with Crippen LogP contribution in [-0.2, 0) is 0 Å². The predicted octanol–water partition coefficient (Wildman–Crippen LogP) is 2.55. The number of hydrazone groups is 1. The lowest BCUT2D eigenvalue weighted by atomic mass is 10.1. The number of carboxylic acid groups (broad SMARTS) is 1. The number of anilines is 1. The summed E-state index contributed by atoms with van der Waals surface area (Å²) in [6.07, 6.45) is 0. The lowest BCUT2D eigenvalue weighted by Gasteiger charge is -2.05. The summed E-state index contributed by atoms with van der Waals surface area (Å²) < 4.78 is 5.24. The number of aryl methyl sites for hydroxylation is 2. The Kier molecular flexibility index (Phi) is 4.79. The molecule has 0 fully saturated rings. The first kappa shape index (κ1) is 17.3. The van der Waals surface area contributed by atoms with Crippen LogP contribution in [0.4, 0.5) is 5.95 Å². The molecule has 26 heavy (non-hydrogen) atoms. The number of rotatable bonds is 5. The van der Waals surface area contributed by atoms with Gasteiger partial charge in [-0.25, -0.2) is 15.4 Å². The average Bonchev–Trinajstić information content (AvgIpc) is 3.09. The van der Waals surface area contributed by atoms with Gasteiger partial charge in [-0.05, 0) is 44.5 Å². The standard InChI is InChI=1S/C19H18N4O3/c1-11-10-12(2)21-19(20-11)23-22-13(3)14-4-6-15(7-5-14)16-8-9-17(26-16)18(24)25/h4-10H,1-3H3,(H,24,25)(H,20,21,23)/p-1/b22-13-. The molecule has 0 amide bonds. The second kappa shape index (κ2) is 7.18. The first-order chi connectivity index (χ1) is 12.4. The fourth-order valence-electron chi connectivity index (χ4n) is 2.45. The average molecular weight is 349 g/mol.